The molecule has 1 aliphatic heterocycles. The van der Waals surface area contributed by atoms with Crippen LogP contribution < -0.4 is 0 Å². The van der Waals surface area contributed by atoms with E-state index in [1.807, 2.05) is 0 Å². The summed E-state index contributed by atoms with van der Waals surface area (Å²) in [5.74, 6) is 0. The lowest BCUT2D eigenvalue weighted by Gasteiger charge is -2.38. The average molecular weight is 212 g/mol. The molecule has 1 saturated heterocycles. The zero-order valence-electron chi connectivity index (χ0n) is 7.67. The first kappa shape index (κ1) is 11.2. The van der Waals surface area contributed by atoms with E-state index in [-0.39, 0.29) is 13.0 Å². The molecule has 0 amide bonds. The molecule has 0 aliphatic carbocycles. The number of halogens is 3. The third-order valence-corrected chi connectivity index (χ3v) is 2.66. The summed E-state index contributed by atoms with van der Waals surface area (Å²) in [6, 6.07) is 0. The van der Waals surface area contributed by atoms with E-state index >= 15 is 0 Å². The molecule has 0 aromatic heterocycles. The van der Waals surface area contributed by atoms with E-state index in [0.717, 1.165) is 11.9 Å². The van der Waals surface area contributed by atoms with Gasteiger partial charge in [-0.15, -0.1) is 0 Å². The van der Waals surface area contributed by atoms with Crippen LogP contribution in [-0.4, -0.2) is 35.3 Å². The Hall–Kier alpha value is -0.850. The Bertz CT molecular complexity index is 244. The first-order valence-electron chi connectivity index (χ1n) is 4.25. The fourth-order valence-corrected chi connectivity index (χ4v) is 1.79. The van der Waals surface area contributed by atoms with Crippen molar-refractivity contribution in [3.63, 3.8) is 0 Å². The number of nitro groups is 1. The largest absolute Gasteiger partial charge is 0.476 e. The van der Waals surface area contributed by atoms with Crippen molar-refractivity contribution in [3.05, 3.63) is 10.1 Å². The summed E-state index contributed by atoms with van der Waals surface area (Å²) in [5.41, 5.74) is -2.87. The predicted octanol–water partition coefficient (Wildman–Crippen LogP) is 1.64. The van der Waals surface area contributed by atoms with Gasteiger partial charge in [-0.2, -0.15) is 13.2 Å². The van der Waals surface area contributed by atoms with Crippen molar-refractivity contribution >= 4 is 0 Å². The van der Waals surface area contributed by atoms with Crippen LogP contribution in [0.15, 0.2) is 0 Å². The van der Waals surface area contributed by atoms with E-state index in [9.17, 15) is 23.3 Å². The summed E-state index contributed by atoms with van der Waals surface area (Å²) in [6.07, 6.45) is -4.46. The number of hydrogen-bond acceptors (Lipinski definition) is 3. The zero-order valence-corrected chi connectivity index (χ0v) is 7.67. The standard InChI is InChI=1S/C7H11F3N2O2/c1-11-5-3-2-4-6(11,12(13)14)7(8,9)10/h2-5H2,1H3. The van der Waals surface area contributed by atoms with Gasteiger partial charge in [-0.05, 0) is 19.9 Å². The zero-order chi connectivity index (χ0) is 11.0. The van der Waals surface area contributed by atoms with E-state index < -0.39 is 23.2 Å². The molecule has 0 saturated carbocycles. The van der Waals surface area contributed by atoms with E-state index in [4.69, 9.17) is 0 Å². The van der Waals surface area contributed by atoms with Crippen molar-refractivity contribution < 1.29 is 18.1 Å². The number of rotatable bonds is 1. The van der Waals surface area contributed by atoms with Crippen LogP contribution in [-0.2, 0) is 0 Å². The van der Waals surface area contributed by atoms with E-state index in [0.29, 0.717) is 6.42 Å². The van der Waals surface area contributed by atoms with Gasteiger partial charge in [0.05, 0.1) is 4.92 Å². The highest BCUT2D eigenvalue weighted by Crippen LogP contribution is 2.41. The number of nitrogens with zero attached hydrogens (tertiary/aromatic N) is 2. The highest BCUT2D eigenvalue weighted by molar-refractivity contribution is 4.89. The molecule has 0 N–H and O–H groups in total. The van der Waals surface area contributed by atoms with Gasteiger partial charge in [0.1, 0.15) is 0 Å². The monoisotopic (exact) mass is 212 g/mol. The van der Waals surface area contributed by atoms with Crippen LogP contribution in [0.25, 0.3) is 0 Å². The van der Waals surface area contributed by atoms with Crippen molar-refractivity contribution in [2.24, 2.45) is 0 Å². The molecule has 1 unspecified atom stereocenters. The maximum absolute atomic E-state index is 12.6. The Kier molecular flexibility index (Phi) is 2.71. The number of hydrogen-bond donors (Lipinski definition) is 0. The minimum Gasteiger partial charge on any atom is -0.262 e. The van der Waals surface area contributed by atoms with Crippen molar-refractivity contribution in [1.29, 1.82) is 0 Å². The Morgan fingerprint density at radius 1 is 1.43 bits per heavy atom. The molecule has 82 valence electrons. The van der Waals surface area contributed by atoms with Gasteiger partial charge < -0.3 is 0 Å². The molecular weight excluding hydrogens is 201 g/mol. The molecular formula is C7H11F3N2O2. The number of likely N-dealkylation sites (tertiary alicyclic amines) is 1. The van der Waals surface area contributed by atoms with Gasteiger partial charge in [-0.1, -0.05) is 0 Å². The van der Waals surface area contributed by atoms with Crippen molar-refractivity contribution in [2.75, 3.05) is 13.6 Å². The molecule has 0 radical (unpaired) electrons. The van der Waals surface area contributed by atoms with Gasteiger partial charge in [0.15, 0.2) is 0 Å². The normalized spacial score (nSPS) is 30.3. The third kappa shape index (κ3) is 1.45. The molecule has 7 heteroatoms. The van der Waals surface area contributed by atoms with Crippen molar-refractivity contribution in [3.8, 4) is 0 Å². The lowest BCUT2D eigenvalue weighted by Crippen LogP contribution is -2.64. The second-order valence-corrected chi connectivity index (χ2v) is 3.45. The molecule has 0 aromatic carbocycles. The summed E-state index contributed by atoms with van der Waals surface area (Å²) in [5, 5.41) is 10.6. The average Bonchev–Trinajstić information content (AvgIpc) is 2.02. The number of alkyl halides is 3. The quantitative estimate of drug-likeness (QED) is 0.490. The lowest BCUT2D eigenvalue weighted by molar-refractivity contribution is -0.647. The topological polar surface area (TPSA) is 46.4 Å². The molecule has 0 spiro atoms. The summed E-state index contributed by atoms with van der Waals surface area (Å²) in [7, 11) is 1.15. The predicted molar refractivity (Wildman–Crippen MR) is 42.3 cm³/mol. The highest BCUT2D eigenvalue weighted by atomic mass is 19.4. The molecule has 1 rings (SSSR count). The van der Waals surface area contributed by atoms with Crippen LogP contribution in [0.5, 0.6) is 0 Å². The van der Waals surface area contributed by atoms with E-state index in [1.165, 1.54) is 0 Å². The maximum Gasteiger partial charge on any atom is 0.476 e. The second kappa shape index (κ2) is 3.38. The van der Waals surface area contributed by atoms with Crippen molar-refractivity contribution in [2.45, 2.75) is 31.1 Å². The molecule has 1 aliphatic rings. The first-order chi connectivity index (χ1) is 6.32. The van der Waals surface area contributed by atoms with Crippen LogP contribution in [0.4, 0.5) is 13.2 Å². The van der Waals surface area contributed by atoms with Gasteiger partial charge in [0.2, 0.25) is 0 Å². The number of piperidine rings is 1. The van der Waals surface area contributed by atoms with Gasteiger partial charge in [-0.25, -0.2) is 4.90 Å². The summed E-state index contributed by atoms with van der Waals surface area (Å²) in [4.78, 5) is 10.1. The molecule has 1 heterocycles. The van der Waals surface area contributed by atoms with Gasteiger partial charge in [-0.3, -0.25) is 10.1 Å². The first-order valence-corrected chi connectivity index (χ1v) is 4.25. The SMILES string of the molecule is CN1CCCCC1([N+](=O)[O-])C(F)(F)F. The minimum absolute atomic E-state index is 0.112. The lowest BCUT2D eigenvalue weighted by atomic mass is 9.95. The maximum atomic E-state index is 12.6. The smallest absolute Gasteiger partial charge is 0.262 e. The van der Waals surface area contributed by atoms with E-state index in [2.05, 4.69) is 0 Å². The summed E-state index contributed by atoms with van der Waals surface area (Å²) in [6.45, 7) is 0.112. The van der Waals surface area contributed by atoms with Crippen LogP contribution in [0.3, 0.4) is 0 Å². The van der Waals surface area contributed by atoms with Gasteiger partial charge in [0.25, 0.3) is 0 Å². The Morgan fingerprint density at radius 2 is 2.00 bits per heavy atom. The van der Waals surface area contributed by atoms with Crippen molar-refractivity contribution in [1.82, 2.24) is 4.90 Å². The van der Waals surface area contributed by atoms with Crippen LogP contribution in [0, 0.1) is 10.1 Å². The molecule has 1 atom stereocenters. The Labute approximate surface area is 78.8 Å². The van der Waals surface area contributed by atoms with Gasteiger partial charge in [0, 0.05) is 13.0 Å². The molecule has 4 nitrogen and oxygen atoms in total. The molecule has 0 aromatic rings. The van der Waals surface area contributed by atoms with Gasteiger partial charge >= 0.3 is 11.8 Å². The Morgan fingerprint density at radius 3 is 2.29 bits per heavy atom. The fraction of sp³-hybridized carbons (Fsp3) is 1.00. The molecule has 14 heavy (non-hydrogen) atoms. The van der Waals surface area contributed by atoms with E-state index in [1.54, 1.807) is 0 Å². The highest BCUT2D eigenvalue weighted by Gasteiger charge is 2.69. The van der Waals surface area contributed by atoms with Crippen LogP contribution >= 0.6 is 0 Å². The summed E-state index contributed by atoms with van der Waals surface area (Å²) < 4.78 is 37.8. The minimum atomic E-state index is -4.81. The second-order valence-electron chi connectivity index (χ2n) is 3.45. The summed E-state index contributed by atoms with van der Waals surface area (Å²) >= 11 is 0. The van der Waals surface area contributed by atoms with Crippen LogP contribution in [0.2, 0.25) is 0 Å². The third-order valence-electron chi connectivity index (χ3n) is 2.66. The fourth-order valence-electron chi connectivity index (χ4n) is 1.79. The molecule has 0 bridgehead atoms. The Balaban J connectivity index is 3.08. The molecule has 1 fully saturated rings. The van der Waals surface area contributed by atoms with Crippen LogP contribution in [0.1, 0.15) is 19.3 Å².